The van der Waals surface area contributed by atoms with E-state index in [1.54, 1.807) is 25.6 Å². The first kappa shape index (κ1) is 15.3. The Morgan fingerprint density at radius 3 is 3.00 bits per heavy atom. The van der Waals surface area contributed by atoms with E-state index in [2.05, 4.69) is 29.9 Å². The van der Waals surface area contributed by atoms with Crippen LogP contribution in [0.3, 0.4) is 0 Å². The second-order valence-electron chi connectivity index (χ2n) is 5.47. The van der Waals surface area contributed by atoms with Gasteiger partial charge in [0.25, 0.3) is 5.91 Å². The fourth-order valence-corrected chi connectivity index (χ4v) is 2.65. The molecule has 0 spiro atoms. The summed E-state index contributed by atoms with van der Waals surface area (Å²) in [4.78, 5) is 22.7. The topological polar surface area (TPSA) is 93.4 Å². The van der Waals surface area contributed by atoms with Crippen molar-refractivity contribution in [1.29, 1.82) is 0 Å². The summed E-state index contributed by atoms with van der Waals surface area (Å²) in [6.07, 6.45) is 6.82. The summed E-state index contributed by atoms with van der Waals surface area (Å²) in [5.41, 5.74) is 0.302. The van der Waals surface area contributed by atoms with Gasteiger partial charge in [0.2, 0.25) is 5.95 Å². The highest BCUT2D eigenvalue weighted by Gasteiger charge is 2.22. The van der Waals surface area contributed by atoms with Crippen LogP contribution in [0.5, 0.6) is 5.75 Å². The molecule has 23 heavy (non-hydrogen) atoms. The maximum absolute atomic E-state index is 11.9. The standard InChI is InChI=1S/C15H19N5O3/c1-22-12-8-17-15(18-9-12)20-5-2-3-11(10-20)7-16-14(21)13-4-6-23-19-13/h4,6,8-9,11H,2-3,5,7,10H2,1H3,(H,16,21). The van der Waals surface area contributed by atoms with Crippen molar-refractivity contribution < 1.29 is 14.1 Å². The van der Waals surface area contributed by atoms with Gasteiger partial charge in [0.05, 0.1) is 19.5 Å². The van der Waals surface area contributed by atoms with E-state index < -0.39 is 0 Å². The maximum Gasteiger partial charge on any atom is 0.273 e. The Morgan fingerprint density at radius 1 is 1.48 bits per heavy atom. The third kappa shape index (κ3) is 3.77. The van der Waals surface area contributed by atoms with E-state index in [-0.39, 0.29) is 5.91 Å². The fourth-order valence-electron chi connectivity index (χ4n) is 2.65. The molecule has 2 aromatic heterocycles. The summed E-state index contributed by atoms with van der Waals surface area (Å²) in [5.74, 6) is 1.47. The molecule has 1 aliphatic rings. The number of carbonyl (C=O) groups is 1. The zero-order valence-corrected chi connectivity index (χ0v) is 12.9. The molecule has 1 saturated heterocycles. The van der Waals surface area contributed by atoms with E-state index in [1.807, 2.05) is 0 Å². The van der Waals surface area contributed by atoms with Crippen LogP contribution in [0.2, 0.25) is 0 Å². The second-order valence-corrected chi connectivity index (χ2v) is 5.47. The van der Waals surface area contributed by atoms with E-state index in [0.29, 0.717) is 29.9 Å². The molecule has 1 unspecified atom stereocenters. The van der Waals surface area contributed by atoms with Crippen LogP contribution in [0.25, 0.3) is 0 Å². The SMILES string of the molecule is COc1cnc(N2CCCC(CNC(=O)c3ccon3)C2)nc1. The number of carbonyl (C=O) groups excluding carboxylic acids is 1. The van der Waals surface area contributed by atoms with Crippen LogP contribution in [0.4, 0.5) is 5.95 Å². The molecule has 0 aromatic carbocycles. The minimum absolute atomic E-state index is 0.212. The minimum Gasteiger partial charge on any atom is -0.494 e. The van der Waals surface area contributed by atoms with Gasteiger partial charge in [-0.2, -0.15) is 0 Å². The van der Waals surface area contributed by atoms with Crippen molar-refractivity contribution >= 4 is 11.9 Å². The van der Waals surface area contributed by atoms with Gasteiger partial charge in [-0.1, -0.05) is 5.16 Å². The largest absolute Gasteiger partial charge is 0.494 e. The maximum atomic E-state index is 11.9. The van der Waals surface area contributed by atoms with Crippen molar-refractivity contribution in [2.24, 2.45) is 5.92 Å². The van der Waals surface area contributed by atoms with Gasteiger partial charge in [-0.05, 0) is 18.8 Å². The molecule has 8 nitrogen and oxygen atoms in total. The summed E-state index contributed by atoms with van der Waals surface area (Å²) < 4.78 is 9.75. The van der Waals surface area contributed by atoms with Gasteiger partial charge in [-0.15, -0.1) is 0 Å². The molecule has 2 aromatic rings. The van der Waals surface area contributed by atoms with Gasteiger partial charge < -0.3 is 19.5 Å². The number of piperidine rings is 1. The first-order valence-corrected chi connectivity index (χ1v) is 7.56. The molecule has 122 valence electrons. The number of aromatic nitrogens is 3. The van der Waals surface area contributed by atoms with Gasteiger partial charge in [0, 0.05) is 25.7 Å². The van der Waals surface area contributed by atoms with Crippen molar-refractivity contribution in [3.63, 3.8) is 0 Å². The molecule has 1 fully saturated rings. The first-order valence-electron chi connectivity index (χ1n) is 7.56. The third-order valence-electron chi connectivity index (χ3n) is 3.87. The number of nitrogens with one attached hydrogen (secondary N) is 1. The molecule has 3 rings (SSSR count). The molecule has 3 heterocycles. The average Bonchev–Trinajstić information content (AvgIpc) is 3.15. The Balaban J connectivity index is 1.54. The van der Waals surface area contributed by atoms with E-state index in [1.165, 1.54) is 6.26 Å². The summed E-state index contributed by atoms with van der Waals surface area (Å²) in [6.45, 7) is 2.32. The lowest BCUT2D eigenvalue weighted by atomic mass is 9.98. The monoisotopic (exact) mass is 317 g/mol. The van der Waals surface area contributed by atoms with Gasteiger partial charge in [0.15, 0.2) is 11.4 Å². The molecule has 1 atom stereocenters. The third-order valence-corrected chi connectivity index (χ3v) is 3.87. The molecule has 0 aliphatic carbocycles. The molecule has 0 radical (unpaired) electrons. The molecule has 0 saturated carbocycles. The lowest BCUT2D eigenvalue weighted by Gasteiger charge is -2.32. The number of anilines is 1. The molecule has 1 N–H and O–H groups in total. The van der Waals surface area contributed by atoms with Gasteiger partial charge in [0.1, 0.15) is 6.26 Å². The number of ether oxygens (including phenoxy) is 1. The Morgan fingerprint density at radius 2 is 2.30 bits per heavy atom. The normalized spacial score (nSPS) is 17.8. The smallest absolute Gasteiger partial charge is 0.273 e. The van der Waals surface area contributed by atoms with Crippen LogP contribution in [-0.4, -0.2) is 47.8 Å². The van der Waals surface area contributed by atoms with Crippen molar-refractivity contribution in [1.82, 2.24) is 20.4 Å². The van der Waals surface area contributed by atoms with Crippen LogP contribution in [0.1, 0.15) is 23.3 Å². The predicted molar refractivity (Wildman–Crippen MR) is 82.4 cm³/mol. The summed E-state index contributed by atoms with van der Waals surface area (Å²) >= 11 is 0. The number of hydrogen-bond donors (Lipinski definition) is 1. The molecule has 1 amide bonds. The van der Waals surface area contributed by atoms with Crippen molar-refractivity contribution in [2.75, 3.05) is 31.6 Å². The summed E-state index contributed by atoms with van der Waals surface area (Å²) in [5, 5.41) is 6.53. The average molecular weight is 317 g/mol. The van der Waals surface area contributed by atoms with E-state index in [9.17, 15) is 4.79 Å². The van der Waals surface area contributed by atoms with E-state index in [4.69, 9.17) is 4.74 Å². The molecular weight excluding hydrogens is 298 g/mol. The number of hydrogen-bond acceptors (Lipinski definition) is 7. The second kappa shape index (κ2) is 7.08. The number of nitrogens with zero attached hydrogens (tertiary/aromatic N) is 4. The van der Waals surface area contributed by atoms with Gasteiger partial charge in [-0.25, -0.2) is 9.97 Å². The van der Waals surface area contributed by atoms with Crippen molar-refractivity contribution in [3.8, 4) is 5.75 Å². The van der Waals surface area contributed by atoms with Crippen LogP contribution < -0.4 is 15.0 Å². The highest BCUT2D eigenvalue weighted by molar-refractivity contribution is 5.91. The number of amides is 1. The van der Waals surface area contributed by atoms with Crippen LogP contribution in [0.15, 0.2) is 29.2 Å². The minimum atomic E-state index is -0.212. The van der Waals surface area contributed by atoms with Crippen LogP contribution >= 0.6 is 0 Å². The van der Waals surface area contributed by atoms with Gasteiger partial charge in [-0.3, -0.25) is 4.79 Å². The molecule has 8 heteroatoms. The quantitative estimate of drug-likeness (QED) is 0.883. The Kier molecular flexibility index (Phi) is 4.70. The molecule has 0 bridgehead atoms. The van der Waals surface area contributed by atoms with Crippen LogP contribution in [-0.2, 0) is 0 Å². The molecule has 1 aliphatic heterocycles. The van der Waals surface area contributed by atoms with E-state index in [0.717, 1.165) is 25.9 Å². The van der Waals surface area contributed by atoms with Gasteiger partial charge >= 0.3 is 0 Å². The van der Waals surface area contributed by atoms with Crippen molar-refractivity contribution in [3.05, 3.63) is 30.4 Å². The summed E-state index contributed by atoms with van der Waals surface area (Å²) in [6, 6.07) is 1.55. The predicted octanol–water partition coefficient (Wildman–Crippen LogP) is 1.12. The van der Waals surface area contributed by atoms with Crippen LogP contribution in [0, 0.1) is 5.92 Å². The Bertz CT molecular complexity index is 629. The summed E-state index contributed by atoms with van der Waals surface area (Å²) in [7, 11) is 1.59. The highest BCUT2D eigenvalue weighted by atomic mass is 16.5. The number of rotatable bonds is 5. The zero-order chi connectivity index (χ0) is 16.1. The zero-order valence-electron chi connectivity index (χ0n) is 12.9. The Labute approximate surface area is 133 Å². The highest BCUT2D eigenvalue weighted by Crippen LogP contribution is 2.20. The van der Waals surface area contributed by atoms with E-state index >= 15 is 0 Å². The Hall–Kier alpha value is -2.64. The number of methoxy groups -OCH3 is 1. The van der Waals surface area contributed by atoms with Crippen molar-refractivity contribution in [2.45, 2.75) is 12.8 Å². The fraction of sp³-hybridized carbons (Fsp3) is 0.467. The lowest BCUT2D eigenvalue weighted by molar-refractivity contribution is 0.0936. The lowest BCUT2D eigenvalue weighted by Crippen LogP contribution is -2.41. The first-order chi connectivity index (χ1) is 11.3. The molecular formula is C15H19N5O3.